The molecule has 2 aromatic heterocycles. The maximum atomic E-state index is 12.5. The summed E-state index contributed by atoms with van der Waals surface area (Å²) in [5.74, 6) is 0.197. The average molecular weight is 391 g/mol. The van der Waals surface area contributed by atoms with Crippen LogP contribution in [0.2, 0.25) is 0 Å². The Kier molecular flexibility index (Phi) is 5.69. The number of nitrogens with two attached hydrogens (primary N) is 1. The van der Waals surface area contributed by atoms with Crippen LogP contribution in [-0.2, 0) is 6.54 Å². The molecule has 0 atom stereocenters. The first kappa shape index (κ1) is 18.9. The summed E-state index contributed by atoms with van der Waals surface area (Å²) in [6, 6.07) is 9.91. The average Bonchev–Trinajstić information content (AvgIpc) is 3.22. The van der Waals surface area contributed by atoms with E-state index in [9.17, 15) is 4.79 Å². The third-order valence-electron chi connectivity index (χ3n) is 5.15. The van der Waals surface area contributed by atoms with E-state index < -0.39 is 0 Å². The summed E-state index contributed by atoms with van der Waals surface area (Å²) >= 11 is 0. The van der Waals surface area contributed by atoms with E-state index in [-0.39, 0.29) is 11.4 Å². The number of hydrogen-bond donors (Lipinski definition) is 3. The quantitative estimate of drug-likeness (QED) is 0.442. The summed E-state index contributed by atoms with van der Waals surface area (Å²) in [5.41, 5.74) is 8.87. The van der Waals surface area contributed by atoms with Gasteiger partial charge >= 0.3 is 0 Å². The first-order chi connectivity index (χ1) is 14.2. The minimum Gasteiger partial charge on any atom is -0.383 e. The highest BCUT2D eigenvalue weighted by molar-refractivity contribution is 6.03. The molecule has 29 heavy (non-hydrogen) atoms. The molecule has 4 rings (SSSR count). The normalized spacial score (nSPS) is 15.4. The van der Waals surface area contributed by atoms with Crippen molar-refractivity contribution in [1.82, 2.24) is 19.7 Å². The van der Waals surface area contributed by atoms with Crippen molar-refractivity contribution in [2.24, 2.45) is 10.7 Å². The van der Waals surface area contributed by atoms with Gasteiger partial charge in [0.1, 0.15) is 24.1 Å². The molecule has 2 heterocycles. The minimum absolute atomic E-state index is 0.197. The van der Waals surface area contributed by atoms with Crippen LogP contribution in [0.4, 0.5) is 11.4 Å². The number of anilines is 1. The lowest BCUT2D eigenvalue weighted by Crippen LogP contribution is -2.29. The van der Waals surface area contributed by atoms with Crippen LogP contribution in [-0.4, -0.2) is 31.6 Å². The Balaban J connectivity index is 1.59. The molecule has 4 N–H and O–H groups in total. The van der Waals surface area contributed by atoms with Crippen LogP contribution in [0.25, 0.3) is 0 Å². The predicted molar refractivity (Wildman–Crippen MR) is 114 cm³/mol. The van der Waals surface area contributed by atoms with Gasteiger partial charge in [0.2, 0.25) is 0 Å². The molecule has 0 saturated heterocycles. The van der Waals surface area contributed by atoms with Gasteiger partial charge in [-0.05, 0) is 36.6 Å². The van der Waals surface area contributed by atoms with Crippen LogP contribution < -0.4 is 16.6 Å². The number of nitrogens with zero attached hydrogens (tertiary/aromatic N) is 4. The Morgan fingerprint density at radius 2 is 2.14 bits per heavy atom. The van der Waals surface area contributed by atoms with Crippen LogP contribution in [0.5, 0.6) is 0 Å². The van der Waals surface area contributed by atoms with Gasteiger partial charge in [-0.2, -0.15) is 5.10 Å². The molecule has 0 bridgehead atoms. The molecule has 0 spiro atoms. The molecule has 1 aliphatic rings. The van der Waals surface area contributed by atoms with Gasteiger partial charge in [-0.25, -0.2) is 14.7 Å². The molecule has 0 unspecified atom stereocenters. The molecule has 150 valence electrons. The minimum atomic E-state index is -0.245. The second-order valence-electron chi connectivity index (χ2n) is 7.33. The van der Waals surface area contributed by atoms with Gasteiger partial charge in [-0.1, -0.05) is 31.4 Å². The highest BCUT2D eigenvalue weighted by Gasteiger charge is 2.17. The molecular formula is C21H25N7O. The van der Waals surface area contributed by atoms with E-state index in [4.69, 9.17) is 5.73 Å². The molecule has 1 aliphatic carbocycles. The third kappa shape index (κ3) is 4.71. The van der Waals surface area contributed by atoms with Crippen LogP contribution in [0.3, 0.4) is 0 Å². The Labute approximate surface area is 168 Å². The van der Waals surface area contributed by atoms with Crippen molar-refractivity contribution in [2.75, 3.05) is 5.32 Å². The smallest absolute Gasteiger partial charge is 0.261 e. The van der Waals surface area contributed by atoms with Gasteiger partial charge in [-0.3, -0.25) is 4.79 Å². The second-order valence-corrected chi connectivity index (χ2v) is 7.33. The largest absolute Gasteiger partial charge is 0.383 e. The van der Waals surface area contributed by atoms with Crippen molar-refractivity contribution < 1.29 is 0 Å². The topological polar surface area (TPSA) is 114 Å². The molecule has 0 aliphatic heterocycles. The third-order valence-corrected chi connectivity index (χ3v) is 5.15. The lowest BCUT2D eigenvalue weighted by atomic mass is 9.95. The maximum absolute atomic E-state index is 12.5. The van der Waals surface area contributed by atoms with Crippen molar-refractivity contribution in [3.63, 3.8) is 0 Å². The molecule has 0 amide bonds. The number of benzene rings is 1. The Bertz CT molecular complexity index is 1030. The number of amidine groups is 1. The molecule has 1 aromatic carbocycles. The van der Waals surface area contributed by atoms with Crippen LogP contribution in [0.1, 0.15) is 43.2 Å². The summed E-state index contributed by atoms with van der Waals surface area (Å²) in [7, 11) is 0. The SMILES string of the molecule is NC(=Nc1cccc(Cn2cncn2)c1)c1c(NC2CCCCC2)cc[nH]c1=O. The molecule has 3 aromatic rings. The van der Waals surface area contributed by atoms with E-state index in [1.54, 1.807) is 17.2 Å². The molecule has 1 fully saturated rings. The van der Waals surface area contributed by atoms with Gasteiger partial charge in [0.25, 0.3) is 5.56 Å². The molecule has 8 heteroatoms. The fourth-order valence-corrected chi connectivity index (χ4v) is 3.74. The number of hydrogen-bond acceptors (Lipinski definition) is 5. The van der Waals surface area contributed by atoms with Crippen LogP contribution in [0, 0.1) is 0 Å². The first-order valence-electron chi connectivity index (χ1n) is 9.93. The summed E-state index contributed by atoms with van der Waals surface area (Å²) < 4.78 is 1.74. The predicted octanol–water partition coefficient (Wildman–Crippen LogP) is 2.80. The van der Waals surface area contributed by atoms with Gasteiger partial charge in [0, 0.05) is 12.2 Å². The number of pyridine rings is 1. The Hall–Kier alpha value is -3.42. The van der Waals surface area contributed by atoms with E-state index >= 15 is 0 Å². The first-order valence-corrected chi connectivity index (χ1v) is 9.93. The summed E-state index contributed by atoms with van der Waals surface area (Å²) in [6.07, 6.45) is 10.7. The van der Waals surface area contributed by atoms with Crippen molar-refractivity contribution in [2.45, 2.75) is 44.7 Å². The number of rotatable bonds is 6. The van der Waals surface area contributed by atoms with Crippen LogP contribution in [0.15, 0.2) is 59.0 Å². The van der Waals surface area contributed by atoms with Crippen molar-refractivity contribution in [1.29, 1.82) is 0 Å². The van der Waals surface area contributed by atoms with Crippen molar-refractivity contribution in [3.8, 4) is 0 Å². The molecular weight excluding hydrogens is 366 g/mol. The lowest BCUT2D eigenvalue weighted by Gasteiger charge is -2.24. The zero-order chi connectivity index (χ0) is 20.1. The highest BCUT2D eigenvalue weighted by Crippen LogP contribution is 2.23. The maximum Gasteiger partial charge on any atom is 0.261 e. The fourth-order valence-electron chi connectivity index (χ4n) is 3.74. The number of aromatic nitrogens is 4. The molecule has 0 radical (unpaired) electrons. The molecule has 8 nitrogen and oxygen atoms in total. The van der Waals surface area contributed by atoms with Gasteiger partial charge in [0.15, 0.2) is 0 Å². The van der Waals surface area contributed by atoms with Crippen LogP contribution >= 0.6 is 0 Å². The molecule has 1 saturated carbocycles. The zero-order valence-electron chi connectivity index (χ0n) is 16.2. The number of aliphatic imine (C=N–C) groups is 1. The summed E-state index contributed by atoms with van der Waals surface area (Å²) in [4.78, 5) is 23.7. The fraction of sp³-hybridized carbons (Fsp3) is 0.333. The van der Waals surface area contributed by atoms with E-state index in [1.807, 2.05) is 30.3 Å². The zero-order valence-corrected chi connectivity index (χ0v) is 16.2. The van der Waals surface area contributed by atoms with E-state index in [0.29, 0.717) is 23.8 Å². The van der Waals surface area contributed by atoms with E-state index in [2.05, 4.69) is 25.4 Å². The van der Waals surface area contributed by atoms with Gasteiger partial charge < -0.3 is 16.0 Å². The van der Waals surface area contributed by atoms with E-state index in [1.165, 1.54) is 25.6 Å². The second kappa shape index (κ2) is 8.72. The number of aromatic amines is 1. The van der Waals surface area contributed by atoms with Crippen molar-refractivity contribution >= 4 is 17.2 Å². The number of nitrogens with one attached hydrogen (secondary N) is 2. The monoisotopic (exact) mass is 391 g/mol. The van der Waals surface area contributed by atoms with Gasteiger partial charge in [0.05, 0.1) is 17.9 Å². The Morgan fingerprint density at radius 3 is 2.93 bits per heavy atom. The summed E-state index contributed by atoms with van der Waals surface area (Å²) in [5, 5.41) is 7.62. The Morgan fingerprint density at radius 1 is 1.28 bits per heavy atom. The highest BCUT2D eigenvalue weighted by atomic mass is 16.1. The van der Waals surface area contributed by atoms with Crippen molar-refractivity contribution in [3.05, 3.63) is 70.7 Å². The number of H-pyrrole nitrogens is 1. The summed E-state index contributed by atoms with van der Waals surface area (Å²) in [6.45, 7) is 0.587. The lowest BCUT2D eigenvalue weighted by molar-refractivity contribution is 0.462. The standard InChI is InChI=1S/C21H25N7O/c22-20(27-17-8-4-5-15(11-17)12-28-14-23-13-25-28)19-18(9-10-24-21(19)29)26-16-6-2-1-3-7-16/h4-5,8-11,13-14,16H,1-3,6-7,12H2,(H2,22,27)(H2,24,26,29). The van der Waals surface area contributed by atoms with Gasteiger partial charge in [-0.15, -0.1) is 0 Å². The van der Waals surface area contributed by atoms with E-state index in [0.717, 1.165) is 24.1 Å².